The summed E-state index contributed by atoms with van der Waals surface area (Å²) in [5.41, 5.74) is 6.76. The van der Waals surface area contributed by atoms with Gasteiger partial charge in [0.1, 0.15) is 11.9 Å². The third-order valence-corrected chi connectivity index (χ3v) is 7.84. The highest BCUT2D eigenvalue weighted by Crippen LogP contribution is 2.37. The van der Waals surface area contributed by atoms with E-state index >= 15 is 0 Å². The highest BCUT2D eigenvalue weighted by atomic mass is 35.5. The topological polar surface area (TPSA) is 148 Å². The van der Waals surface area contributed by atoms with E-state index in [0.717, 1.165) is 0 Å². The van der Waals surface area contributed by atoms with Gasteiger partial charge in [0.05, 0.1) is 35.4 Å². The molecule has 1 amide bonds. The molecule has 2 aliphatic heterocycles. The van der Waals surface area contributed by atoms with Crippen LogP contribution in [0.3, 0.4) is 0 Å². The maximum absolute atomic E-state index is 14.4. The van der Waals surface area contributed by atoms with E-state index in [0.29, 0.717) is 36.3 Å². The highest BCUT2D eigenvalue weighted by Gasteiger charge is 2.48. The van der Waals surface area contributed by atoms with Crippen LogP contribution in [0.1, 0.15) is 12.5 Å². The Morgan fingerprint density at radius 2 is 2.07 bits per heavy atom. The van der Waals surface area contributed by atoms with Crippen molar-refractivity contribution in [1.82, 2.24) is 14.9 Å². The zero-order valence-corrected chi connectivity index (χ0v) is 23.8. The summed E-state index contributed by atoms with van der Waals surface area (Å²) in [5.74, 6) is -3.88. The number of nitrogens with one attached hydrogen (secondary N) is 2. The number of nitriles is 1. The molecule has 0 radical (unpaired) electrons. The van der Waals surface area contributed by atoms with Crippen molar-refractivity contribution < 1.29 is 23.0 Å². The van der Waals surface area contributed by atoms with Crippen molar-refractivity contribution in [2.24, 2.45) is 17.6 Å². The van der Waals surface area contributed by atoms with Gasteiger partial charge in [-0.1, -0.05) is 18.5 Å². The Hall–Kier alpha value is -3.99. The largest absolute Gasteiger partial charge is 0.478 e. The Kier molecular flexibility index (Phi) is 8.23. The lowest BCUT2D eigenvalue weighted by Gasteiger charge is -2.41. The molecule has 3 aromatic rings. The van der Waals surface area contributed by atoms with E-state index in [1.807, 2.05) is 6.07 Å². The fourth-order valence-electron chi connectivity index (χ4n) is 5.04. The average molecular weight is 602 g/mol. The Balaban J connectivity index is 1.49. The molecule has 2 aromatic heterocycles. The normalized spacial score (nSPS) is 20.1. The van der Waals surface area contributed by atoms with Crippen LogP contribution in [0, 0.1) is 23.2 Å². The average Bonchev–Trinajstić information content (AvgIpc) is 2.94. The molecular formula is C28H30ClF2N7O4. The predicted octanol–water partition coefficient (Wildman–Crippen LogP) is 2.86. The number of piperidine rings is 1. The van der Waals surface area contributed by atoms with Gasteiger partial charge in [0, 0.05) is 49.6 Å². The van der Waals surface area contributed by atoms with Crippen molar-refractivity contribution in [3.8, 4) is 11.8 Å². The van der Waals surface area contributed by atoms with Gasteiger partial charge in [0.15, 0.2) is 18.2 Å². The van der Waals surface area contributed by atoms with E-state index in [-0.39, 0.29) is 65.1 Å². The number of ether oxygens (including phenoxy) is 2. The molecule has 0 unspecified atom stereocenters. The SMILES string of the molecule is CNC(=O)COc1cc2cc(Nc3nc(N4C[C@@H](C)C(F)(F)[C@@H](N)C4)c(C#N)cc3Cl)ccc2n(CC2COC2)c1=O. The van der Waals surface area contributed by atoms with Gasteiger partial charge >= 0.3 is 0 Å². The third kappa shape index (κ3) is 5.70. The van der Waals surface area contributed by atoms with Gasteiger partial charge in [-0.2, -0.15) is 5.26 Å². The van der Waals surface area contributed by atoms with Crippen LogP contribution in [0.4, 0.5) is 26.1 Å². The molecule has 0 spiro atoms. The van der Waals surface area contributed by atoms with E-state index in [1.54, 1.807) is 33.7 Å². The van der Waals surface area contributed by atoms with E-state index < -0.39 is 17.9 Å². The van der Waals surface area contributed by atoms with Crippen molar-refractivity contribution in [2.45, 2.75) is 25.4 Å². The second-order valence-corrected chi connectivity index (χ2v) is 11.0. The lowest BCUT2D eigenvalue weighted by atomic mass is 9.91. The summed E-state index contributed by atoms with van der Waals surface area (Å²) in [6, 6.07) is 8.89. The smallest absolute Gasteiger partial charge is 0.293 e. The minimum absolute atomic E-state index is 0.0210. The molecule has 42 heavy (non-hydrogen) atoms. The molecular weight excluding hydrogens is 572 g/mol. The lowest BCUT2D eigenvalue weighted by Crippen LogP contribution is -2.60. The number of hydrogen-bond acceptors (Lipinski definition) is 9. The third-order valence-electron chi connectivity index (χ3n) is 7.55. The van der Waals surface area contributed by atoms with Crippen molar-refractivity contribution in [3.05, 3.63) is 51.3 Å². The molecule has 2 atom stereocenters. The first-order valence-electron chi connectivity index (χ1n) is 13.4. The minimum Gasteiger partial charge on any atom is -0.478 e. The van der Waals surface area contributed by atoms with E-state index in [9.17, 15) is 23.6 Å². The van der Waals surface area contributed by atoms with Crippen LogP contribution in [-0.2, 0) is 16.1 Å². The van der Waals surface area contributed by atoms with Gasteiger partial charge in [0.25, 0.3) is 17.4 Å². The Bertz CT molecular complexity index is 1610. The van der Waals surface area contributed by atoms with Gasteiger partial charge < -0.3 is 35.3 Å². The maximum atomic E-state index is 14.4. The molecule has 14 heteroatoms. The molecule has 0 aliphatic carbocycles. The number of alkyl halides is 2. The fourth-order valence-corrected chi connectivity index (χ4v) is 5.24. The lowest BCUT2D eigenvalue weighted by molar-refractivity contribution is -0.122. The first kappa shape index (κ1) is 29.5. The number of benzene rings is 1. The second-order valence-electron chi connectivity index (χ2n) is 10.6. The van der Waals surface area contributed by atoms with Crippen LogP contribution >= 0.6 is 11.6 Å². The van der Waals surface area contributed by atoms with Crippen LogP contribution in [0.25, 0.3) is 10.9 Å². The standard InChI is InChI=1S/C28H30ClF2N7O4/c1-15-9-37(11-23(33)28(15,30)31)26-18(8-32)6-20(29)25(36-26)35-19-3-4-21-17(5-19)7-22(42-14-24(39)34-2)27(40)38(21)10-16-12-41-13-16/h3-7,15-16,23H,9-14,33H2,1-2H3,(H,34,39)(H,35,36)/t15-,23+/m1/s1. The number of carbonyl (C=O) groups is 1. The van der Waals surface area contributed by atoms with E-state index in [2.05, 4.69) is 15.6 Å². The van der Waals surface area contributed by atoms with Crippen molar-refractivity contribution >= 4 is 45.7 Å². The number of likely N-dealkylation sites (N-methyl/N-ethyl adjacent to an activating group) is 1. The van der Waals surface area contributed by atoms with Gasteiger partial charge in [-0.25, -0.2) is 13.8 Å². The first-order chi connectivity index (χ1) is 20.0. The monoisotopic (exact) mass is 601 g/mol. The van der Waals surface area contributed by atoms with Crippen LogP contribution in [0.15, 0.2) is 35.1 Å². The number of fused-ring (bicyclic) bond motifs is 1. The molecule has 5 rings (SSSR count). The number of halogens is 3. The summed E-state index contributed by atoms with van der Waals surface area (Å²) in [7, 11) is 1.47. The Morgan fingerprint density at radius 1 is 1.31 bits per heavy atom. The van der Waals surface area contributed by atoms with Gasteiger partial charge in [-0.15, -0.1) is 0 Å². The number of carbonyl (C=O) groups excluding carboxylic acids is 1. The van der Waals surface area contributed by atoms with Crippen LogP contribution in [-0.4, -0.2) is 67.4 Å². The number of amides is 1. The summed E-state index contributed by atoms with van der Waals surface area (Å²) in [6.07, 6.45) is 0. The molecule has 11 nitrogen and oxygen atoms in total. The number of hydrogen-bond donors (Lipinski definition) is 3. The van der Waals surface area contributed by atoms with Gasteiger partial charge in [-0.3, -0.25) is 9.59 Å². The van der Waals surface area contributed by atoms with E-state index in [1.165, 1.54) is 20.0 Å². The molecule has 4 N–H and O–H groups in total. The minimum atomic E-state index is -3.04. The molecule has 2 saturated heterocycles. The number of pyridine rings is 2. The number of rotatable bonds is 8. The van der Waals surface area contributed by atoms with Gasteiger partial charge in [-0.05, 0) is 30.3 Å². The van der Waals surface area contributed by atoms with Crippen LogP contribution in [0.2, 0.25) is 5.02 Å². The zero-order valence-electron chi connectivity index (χ0n) is 23.0. The van der Waals surface area contributed by atoms with E-state index in [4.69, 9.17) is 26.8 Å². The maximum Gasteiger partial charge on any atom is 0.293 e. The summed E-state index contributed by atoms with van der Waals surface area (Å²) in [5, 5.41) is 16.1. The van der Waals surface area contributed by atoms with Crippen molar-refractivity contribution in [2.75, 3.05) is 50.2 Å². The fraction of sp³-hybridized carbons (Fsp3) is 0.429. The quantitative estimate of drug-likeness (QED) is 0.354. The van der Waals surface area contributed by atoms with Crippen molar-refractivity contribution in [1.29, 1.82) is 5.26 Å². The number of anilines is 3. The molecule has 222 valence electrons. The number of nitrogens with zero attached hydrogens (tertiary/aromatic N) is 4. The summed E-state index contributed by atoms with van der Waals surface area (Å²) >= 11 is 6.47. The van der Waals surface area contributed by atoms with Crippen LogP contribution in [0.5, 0.6) is 5.75 Å². The highest BCUT2D eigenvalue weighted by molar-refractivity contribution is 6.33. The first-order valence-corrected chi connectivity index (χ1v) is 13.7. The number of nitrogens with two attached hydrogens (primary N) is 1. The molecule has 0 bridgehead atoms. The van der Waals surface area contributed by atoms with Crippen LogP contribution < -0.4 is 31.6 Å². The summed E-state index contributed by atoms with van der Waals surface area (Å²) < 4.78 is 41.2. The Morgan fingerprint density at radius 3 is 2.71 bits per heavy atom. The molecule has 2 aliphatic rings. The Labute approximate surface area is 245 Å². The van der Waals surface area contributed by atoms with Crippen molar-refractivity contribution in [3.63, 3.8) is 0 Å². The summed E-state index contributed by atoms with van der Waals surface area (Å²) in [4.78, 5) is 31.1. The molecule has 2 fully saturated rings. The zero-order chi connectivity index (χ0) is 30.2. The van der Waals surface area contributed by atoms with Gasteiger partial charge in [0.2, 0.25) is 0 Å². The molecule has 4 heterocycles. The number of aromatic nitrogens is 2. The summed E-state index contributed by atoms with van der Waals surface area (Å²) in [6.45, 7) is 2.37. The second kappa shape index (κ2) is 11.7. The molecule has 0 saturated carbocycles. The predicted molar refractivity (Wildman–Crippen MR) is 154 cm³/mol. The molecule has 1 aromatic carbocycles.